The minimum absolute atomic E-state index is 0.0862. The van der Waals surface area contributed by atoms with E-state index in [0.29, 0.717) is 19.3 Å². The number of aliphatic hydroxyl groups excluding tert-OH is 1. The summed E-state index contributed by atoms with van der Waals surface area (Å²) in [7, 11) is 0. The molecule has 4 N–H and O–H groups in total. The van der Waals surface area contributed by atoms with Gasteiger partial charge in [0.1, 0.15) is 12.1 Å². The van der Waals surface area contributed by atoms with Crippen molar-refractivity contribution in [2.24, 2.45) is 0 Å². The molecule has 0 aliphatic rings. The Balaban J connectivity index is 4.24. The van der Waals surface area contributed by atoms with Crippen molar-refractivity contribution in [3.8, 4) is 0 Å². The molecule has 0 aromatic carbocycles. The largest absolute Gasteiger partial charge is 0.480 e. The molecule has 0 saturated heterocycles. The normalized spacial score (nSPS) is 12.7. The molecule has 0 saturated carbocycles. The number of aliphatic carboxylic acids is 1. The van der Waals surface area contributed by atoms with Gasteiger partial charge in [-0.1, -0.05) is 135 Å². The minimum atomic E-state index is -1.38. The van der Waals surface area contributed by atoms with Crippen molar-refractivity contribution in [1.29, 1.82) is 0 Å². The van der Waals surface area contributed by atoms with Gasteiger partial charge in [-0.05, 0) is 70.3 Å². The number of nitrogens with one attached hydrogen (secondary N) is 2. The Morgan fingerprint density at radius 3 is 1.59 bits per heavy atom. The van der Waals surface area contributed by atoms with Crippen LogP contribution < -0.4 is 10.6 Å². The Morgan fingerprint density at radius 1 is 0.588 bits per heavy atom. The van der Waals surface area contributed by atoms with Gasteiger partial charge in [0.05, 0.1) is 13.2 Å². The zero-order valence-electron chi connectivity index (χ0n) is 32.6. The summed E-state index contributed by atoms with van der Waals surface area (Å²) >= 11 is 0. The van der Waals surface area contributed by atoms with Crippen LogP contribution in [-0.4, -0.2) is 59.3 Å². The van der Waals surface area contributed by atoms with Crippen LogP contribution in [0.1, 0.15) is 194 Å². The SMILES string of the molecule is CCCCCCC/C=C\CCCCCCCC(=O)OC(/C=C\CCCCCCCC)CCCCCCCCC(=O)NCC(=O)NC(CO)C(=O)O. The van der Waals surface area contributed by atoms with Crippen LogP contribution in [-0.2, 0) is 23.9 Å². The Morgan fingerprint density at radius 2 is 1.06 bits per heavy atom. The lowest BCUT2D eigenvalue weighted by atomic mass is 10.0. The number of unbranched alkanes of at least 4 members (excludes halogenated alkanes) is 21. The first kappa shape index (κ1) is 48.3. The molecule has 0 aromatic heterocycles. The molecule has 2 unspecified atom stereocenters. The number of carbonyl (C=O) groups is 4. The van der Waals surface area contributed by atoms with Gasteiger partial charge in [-0.2, -0.15) is 0 Å². The molecule has 0 aliphatic heterocycles. The molecule has 0 rings (SSSR count). The number of allylic oxidation sites excluding steroid dienone is 3. The van der Waals surface area contributed by atoms with Gasteiger partial charge in [0.25, 0.3) is 0 Å². The van der Waals surface area contributed by atoms with E-state index in [1.165, 1.54) is 96.3 Å². The molecule has 0 fully saturated rings. The van der Waals surface area contributed by atoms with Crippen molar-refractivity contribution in [2.75, 3.05) is 13.2 Å². The van der Waals surface area contributed by atoms with Gasteiger partial charge in [-0.15, -0.1) is 0 Å². The van der Waals surface area contributed by atoms with Crippen molar-refractivity contribution in [3.05, 3.63) is 24.3 Å². The highest BCUT2D eigenvalue weighted by atomic mass is 16.5. The molecule has 0 radical (unpaired) electrons. The maximum absolute atomic E-state index is 12.7. The molecule has 0 aliphatic carbocycles. The van der Waals surface area contributed by atoms with Crippen molar-refractivity contribution in [2.45, 2.75) is 206 Å². The lowest BCUT2D eigenvalue weighted by Crippen LogP contribution is -2.47. The summed E-state index contributed by atoms with van der Waals surface area (Å²) in [5.41, 5.74) is 0. The Hall–Kier alpha value is -2.68. The zero-order valence-corrected chi connectivity index (χ0v) is 32.6. The topological polar surface area (TPSA) is 142 Å². The number of amides is 2. The maximum Gasteiger partial charge on any atom is 0.328 e. The minimum Gasteiger partial charge on any atom is -0.480 e. The quantitative estimate of drug-likeness (QED) is 0.0284. The van der Waals surface area contributed by atoms with E-state index in [0.717, 1.165) is 64.2 Å². The Labute approximate surface area is 311 Å². The lowest BCUT2D eigenvalue weighted by molar-refractivity contribution is -0.147. The number of hydrogen-bond acceptors (Lipinski definition) is 6. The predicted octanol–water partition coefficient (Wildman–Crippen LogP) is 9.65. The summed E-state index contributed by atoms with van der Waals surface area (Å²) in [6.45, 7) is 3.46. The van der Waals surface area contributed by atoms with E-state index in [9.17, 15) is 19.2 Å². The molecule has 2 amide bonds. The lowest BCUT2D eigenvalue weighted by Gasteiger charge is -2.15. The number of rotatable bonds is 37. The van der Waals surface area contributed by atoms with Gasteiger partial charge in [-0.25, -0.2) is 4.79 Å². The van der Waals surface area contributed by atoms with Gasteiger partial charge in [0.15, 0.2) is 0 Å². The summed E-state index contributed by atoms with van der Waals surface area (Å²) in [6.07, 6.45) is 39.4. The van der Waals surface area contributed by atoms with Crippen LogP contribution in [0.2, 0.25) is 0 Å². The number of carbonyl (C=O) groups excluding carboxylic acids is 3. The number of aliphatic hydroxyl groups is 1. The number of esters is 1. The standard InChI is InChI=1S/C42H76N2O7/c1-3-5-7-9-11-13-14-15-16-17-18-20-26-30-34-41(48)51-37(31-27-23-19-12-10-8-6-4-2)32-28-24-21-22-25-29-33-39(46)43-35-40(47)44-38(36-45)42(49)50/h14-15,27,31,37-38,45H,3-13,16-26,28-30,32-36H2,1-2H3,(H,43,46)(H,44,47)(H,49,50)/b15-14-,31-27-. The molecule has 51 heavy (non-hydrogen) atoms. The average Bonchev–Trinajstić information content (AvgIpc) is 3.11. The molecule has 0 heterocycles. The third-order valence-electron chi connectivity index (χ3n) is 9.16. The number of carboxylic acid groups (broad SMARTS) is 1. The van der Waals surface area contributed by atoms with E-state index >= 15 is 0 Å². The molecule has 2 atom stereocenters. The van der Waals surface area contributed by atoms with Crippen LogP contribution in [0, 0.1) is 0 Å². The van der Waals surface area contributed by atoms with Crippen LogP contribution in [0.3, 0.4) is 0 Å². The average molecular weight is 721 g/mol. The van der Waals surface area contributed by atoms with Crippen LogP contribution in [0.25, 0.3) is 0 Å². The highest BCUT2D eigenvalue weighted by molar-refractivity contribution is 5.87. The third kappa shape index (κ3) is 34.2. The number of hydrogen-bond donors (Lipinski definition) is 4. The molecule has 0 aromatic rings. The summed E-state index contributed by atoms with van der Waals surface area (Å²) in [4.78, 5) is 47.3. The van der Waals surface area contributed by atoms with Crippen LogP contribution in [0.5, 0.6) is 0 Å². The summed E-state index contributed by atoms with van der Waals surface area (Å²) in [5, 5.41) is 22.5. The molecule has 9 heteroatoms. The molecular formula is C42H76N2O7. The summed E-state index contributed by atoms with van der Waals surface area (Å²) < 4.78 is 5.92. The summed E-state index contributed by atoms with van der Waals surface area (Å²) in [5.74, 6) is -2.33. The van der Waals surface area contributed by atoms with Crippen molar-refractivity contribution in [1.82, 2.24) is 10.6 Å². The molecule has 0 bridgehead atoms. The Bertz CT molecular complexity index is 921. The van der Waals surface area contributed by atoms with Crippen LogP contribution >= 0.6 is 0 Å². The predicted molar refractivity (Wildman–Crippen MR) is 208 cm³/mol. The van der Waals surface area contributed by atoms with E-state index in [2.05, 4.69) is 48.8 Å². The molecule has 9 nitrogen and oxygen atoms in total. The number of ether oxygens (including phenoxy) is 1. The van der Waals surface area contributed by atoms with Crippen molar-refractivity contribution < 1.29 is 34.1 Å². The second-order valence-corrected chi connectivity index (χ2v) is 14.1. The van der Waals surface area contributed by atoms with E-state index in [1.54, 1.807) is 0 Å². The van der Waals surface area contributed by atoms with Gasteiger partial charge in [0, 0.05) is 12.8 Å². The van der Waals surface area contributed by atoms with Crippen molar-refractivity contribution in [3.63, 3.8) is 0 Å². The van der Waals surface area contributed by atoms with Gasteiger partial charge in [0.2, 0.25) is 11.8 Å². The van der Waals surface area contributed by atoms with E-state index in [-0.39, 0.29) is 24.5 Å². The third-order valence-corrected chi connectivity index (χ3v) is 9.16. The van der Waals surface area contributed by atoms with Gasteiger partial charge < -0.3 is 25.6 Å². The fraction of sp³-hybridized carbons (Fsp3) is 0.810. The van der Waals surface area contributed by atoms with E-state index in [4.69, 9.17) is 14.9 Å². The van der Waals surface area contributed by atoms with E-state index in [1.807, 2.05) is 0 Å². The second kappa shape index (κ2) is 37.1. The van der Waals surface area contributed by atoms with E-state index < -0.39 is 24.5 Å². The first-order chi connectivity index (χ1) is 24.8. The Kier molecular flexibility index (Phi) is 35.1. The zero-order chi connectivity index (χ0) is 37.6. The van der Waals surface area contributed by atoms with Crippen molar-refractivity contribution >= 4 is 23.8 Å². The molecule has 0 spiro atoms. The molecular weight excluding hydrogens is 644 g/mol. The van der Waals surface area contributed by atoms with Gasteiger partial charge >= 0.3 is 11.9 Å². The second-order valence-electron chi connectivity index (χ2n) is 14.1. The van der Waals surface area contributed by atoms with Gasteiger partial charge in [-0.3, -0.25) is 14.4 Å². The fourth-order valence-electron chi connectivity index (χ4n) is 5.91. The fourth-order valence-corrected chi connectivity index (χ4v) is 5.91. The molecule has 296 valence electrons. The smallest absolute Gasteiger partial charge is 0.328 e. The first-order valence-electron chi connectivity index (χ1n) is 20.7. The highest BCUT2D eigenvalue weighted by Gasteiger charge is 2.18. The summed E-state index contributed by atoms with van der Waals surface area (Å²) in [6, 6.07) is -1.38. The maximum atomic E-state index is 12.7. The first-order valence-corrected chi connectivity index (χ1v) is 20.7. The highest BCUT2D eigenvalue weighted by Crippen LogP contribution is 2.16. The van der Waals surface area contributed by atoms with Crippen LogP contribution in [0.15, 0.2) is 24.3 Å². The number of carboxylic acids is 1. The van der Waals surface area contributed by atoms with Crippen LogP contribution in [0.4, 0.5) is 0 Å². The monoisotopic (exact) mass is 721 g/mol.